The van der Waals surface area contributed by atoms with Crippen LogP contribution in [0.5, 0.6) is 0 Å². The Kier molecular flexibility index (Phi) is 3.29. The standard InChI is InChI=1S/C6H10BrN3S/c1-10(3-2-8)6-9-5(7)4-11-6/h4H,2-3,8H2,1H3. The summed E-state index contributed by atoms with van der Waals surface area (Å²) >= 11 is 4.90. The Balaban J connectivity index is 2.60. The number of thiazole rings is 1. The van der Waals surface area contributed by atoms with Gasteiger partial charge >= 0.3 is 0 Å². The van der Waals surface area contributed by atoms with Crippen LogP contribution < -0.4 is 10.6 Å². The summed E-state index contributed by atoms with van der Waals surface area (Å²) in [5.41, 5.74) is 5.40. The predicted molar refractivity (Wildman–Crippen MR) is 52.1 cm³/mol. The maximum Gasteiger partial charge on any atom is 0.186 e. The first-order valence-corrected chi connectivity index (χ1v) is 4.93. The molecule has 0 saturated heterocycles. The first kappa shape index (κ1) is 8.96. The van der Waals surface area contributed by atoms with E-state index in [-0.39, 0.29) is 0 Å². The molecule has 0 unspecified atom stereocenters. The lowest BCUT2D eigenvalue weighted by Crippen LogP contribution is -2.24. The van der Waals surface area contributed by atoms with E-state index >= 15 is 0 Å². The van der Waals surface area contributed by atoms with Crippen molar-refractivity contribution in [1.82, 2.24) is 4.98 Å². The highest BCUT2D eigenvalue weighted by Gasteiger charge is 2.03. The van der Waals surface area contributed by atoms with Gasteiger partial charge in [0.2, 0.25) is 0 Å². The van der Waals surface area contributed by atoms with E-state index in [1.165, 1.54) is 0 Å². The molecular formula is C6H10BrN3S. The first-order chi connectivity index (χ1) is 5.24. The molecule has 1 aromatic heterocycles. The molecule has 0 fully saturated rings. The molecule has 11 heavy (non-hydrogen) atoms. The highest BCUT2D eigenvalue weighted by Crippen LogP contribution is 2.21. The van der Waals surface area contributed by atoms with E-state index in [1.54, 1.807) is 11.3 Å². The summed E-state index contributed by atoms with van der Waals surface area (Å²) in [6.45, 7) is 1.51. The summed E-state index contributed by atoms with van der Waals surface area (Å²) < 4.78 is 0.890. The Morgan fingerprint density at radius 1 is 1.82 bits per heavy atom. The van der Waals surface area contributed by atoms with Crippen molar-refractivity contribution in [2.45, 2.75) is 0 Å². The summed E-state index contributed by atoms with van der Waals surface area (Å²) in [5.74, 6) is 0. The quantitative estimate of drug-likeness (QED) is 0.860. The number of hydrogen-bond donors (Lipinski definition) is 1. The monoisotopic (exact) mass is 235 g/mol. The zero-order valence-corrected chi connectivity index (χ0v) is 8.65. The molecule has 62 valence electrons. The third-order valence-electron chi connectivity index (χ3n) is 1.26. The number of rotatable bonds is 3. The largest absolute Gasteiger partial charge is 0.350 e. The van der Waals surface area contributed by atoms with Crippen molar-refractivity contribution in [1.29, 1.82) is 0 Å². The molecule has 0 spiro atoms. The third kappa shape index (κ3) is 2.43. The fourth-order valence-corrected chi connectivity index (χ4v) is 1.95. The maximum atomic E-state index is 5.40. The molecule has 0 radical (unpaired) electrons. The van der Waals surface area contributed by atoms with Crippen LogP contribution in [-0.4, -0.2) is 25.1 Å². The number of nitrogens with zero attached hydrogens (tertiary/aromatic N) is 2. The van der Waals surface area contributed by atoms with E-state index in [0.717, 1.165) is 16.3 Å². The van der Waals surface area contributed by atoms with Crippen molar-refractivity contribution in [3.05, 3.63) is 9.98 Å². The molecule has 0 atom stereocenters. The Hall–Kier alpha value is -0.130. The summed E-state index contributed by atoms with van der Waals surface area (Å²) in [5, 5.41) is 2.96. The van der Waals surface area contributed by atoms with Gasteiger partial charge in [-0.1, -0.05) is 0 Å². The van der Waals surface area contributed by atoms with Crippen molar-refractivity contribution in [3.8, 4) is 0 Å². The number of halogens is 1. The van der Waals surface area contributed by atoms with Gasteiger partial charge in [-0.05, 0) is 15.9 Å². The number of hydrogen-bond acceptors (Lipinski definition) is 4. The molecule has 5 heteroatoms. The third-order valence-corrected chi connectivity index (χ3v) is 2.92. The van der Waals surface area contributed by atoms with Crippen LogP contribution >= 0.6 is 27.3 Å². The lowest BCUT2D eigenvalue weighted by atomic mass is 10.6. The molecule has 3 nitrogen and oxygen atoms in total. The second-order valence-electron chi connectivity index (χ2n) is 2.16. The van der Waals surface area contributed by atoms with Gasteiger partial charge in [0.05, 0.1) is 0 Å². The normalized spacial score (nSPS) is 10.1. The second kappa shape index (κ2) is 4.04. The van der Waals surface area contributed by atoms with Gasteiger partial charge < -0.3 is 10.6 Å². The summed E-state index contributed by atoms with van der Waals surface area (Å²) in [6.07, 6.45) is 0. The number of nitrogens with two attached hydrogens (primary N) is 1. The Morgan fingerprint density at radius 2 is 2.55 bits per heavy atom. The molecule has 2 N–H and O–H groups in total. The van der Waals surface area contributed by atoms with Crippen molar-refractivity contribution in [3.63, 3.8) is 0 Å². The van der Waals surface area contributed by atoms with Gasteiger partial charge in [-0.3, -0.25) is 0 Å². The first-order valence-electron chi connectivity index (χ1n) is 3.26. The van der Waals surface area contributed by atoms with Crippen LogP contribution in [0.2, 0.25) is 0 Å². The molecule has 0 aliphatic heterocycles. The fourth-order valence-electron chi connectivity index (χ4n) is 0.710. The van der Waals surface area contributed by atoms with Crippen LogP contribution in [0.25, 0.3) is 0 Å². The Bertz CT molecular complexity index is 225. The van der Waals surface area contributed by atoms with Crippen LogP contribution in [-0.2, 0) is 0 Å². The van der Waals surface area contributed by atoms with Crippen molar-refractivity contribution < 1.29 is 0 Å². The SMILES string of the molecule is CN(CCN)c1nc(Br)cs1. The minimum atomic E-state index is 0.660. The van der Waals surface area contributed by atoms with E-state index in [9.17, 15) is 0 Å². The number of likely N-dealkylation sites (N-methyl/N-ethyl adjacent to an activating group) is 1. The molecular weight excluding hydrogens is 226 g/mol. The molecule has 0 amide bonds. The van der Waals surface area contributed by atoms with E-state index in [0.29, 0.717) is 6.54 Å². The van der Waals surface area contributed by atoms with Crippen LogP contribution in [0.15, 0.2) is 9.98 Å². The lowest BCUT2D eigenvalue weighted by Gasteiger charge is -2.12. The van der Waals surface area contributed by atoms with Gasteiger partial charge in [-0.25, -0.2) is 4.98 Å². The Morgan fingerprint density at radius 3 is 3.00 bits per heavy atom. The minimum absolute atomic E-state index is 0.660. The number of aromatic nitrogens is 1. The van der Waals surface area contributed by atoms with E-state index in [1.807, 2.05) is 17.3 Å². The highest BCUT2D eigenvalue weighted by atomic mass is 79.9. The van der Waals surface area contributed by atoms with Crippen LogP contribution in [0.3, 0.4) is 0 Å². The second-order valence-corrected chi connectivity index (χ2v) is 3.81. The van der Waals surface area contributed by atoms with Crippen LogP contribution in [0.1, 0.15) is 0 Å². The van der Waals surface area contributed by atoms with E-state index in [2.05, 4.69) is 20.9 Å². The molecule has 0 aliphatic carbocycles. The van der Waals surface area contributed by atoms with Gasteiger partial charge in [0.15, 0.2) is 5.13 Å². The molecule has 0 aromatic carbocycles. The highest BCUT2D eigenvalue weighted by molar-refractivity contribution is 9.10. The molecule has 0 bridgehead atoms. The topological polar surface area (TPSA) is 42.1 Å². The molecule has 1 heterocycles. The summed E-state index contributed by atoms with van der Waals surface area (Å²) in [7, 11) is 1.98. The van der Waals surface area contributed by atoms with Crippen LogP contribution in [0.4, 0.5) is 5.13 Å². The Labute approximate surface area is 78.4 Å². The summed E-state index contributed by atoms with van der Waals surface area (Å²) in [6, 6.07) is 0. The molecule has 1 aromatic rings. The molecule has 0 aliphatic rings. The van der Waals surface area contributed by atoms with Gasteiger partial charge in [0.1, 0.15) is 4.60 Å². The smallest absolute Gasteiger partial charge is 0.186 e. The zero-order valence-electron chi connectivity index (χ0n) is 6.25. The van der Waals surface area contributed by atoms with Crippen molar-refractivity contribution >= 4 is 32.4 Å². The van der Waals surface area contributed by atoms with Gasteiger partial charge in [0.25, 0.3) is 0 Å². The molecule has 1 rings (SSSR count). The van der Waals surface area contributed by atoms with Crippen molar-refractivity contribution in [2.75, 3.05) is 25.0 Å². The van der Waals surface area contributed by atoms with E-state index in [4.69, 9.17) is 5.73 Å². The lowest BCUT2D eigenvalue weighted by molar-refractivity contribution is 0.879. The van der Waals surface area contributed by atoms with E-state index < -0.39 is 0 Å². The van der Waals surface area contributed by atoms with Gasteiger partial charge in [0, 0.05) is 25.5 Å². The predicted octanol–water partition coefficient (Wildman–Crippen LogP) is 1.30. The minimum Gasteiger partial charge on any atom is -0.350 e. The maximum absolute atomic E-state index is 5.40. The van der Waals surface area contributed by atoms with Gasteiger partial charge in [-0.2, -0.15) is 0 Å². The average molecular weight is 236 g/mol. The average Bonchev–Trinajstić information content (AvgIpc) is 2.36. The summed E-state index contributed by atoms with van der Waals surface area (Å²) in [4.78, 5) is 6.27. The number of anilines is 1. The fraction of sp³-hybridized carbons (Fsp3) is 0.500. The zero-order chi connectivity index (χ0) is 8.27. The molecule has 0 saturated carbocycles. The van der Waals surface area contributed by atoms with Crippen molar-refractivity contribution in [2.24, 2.45) is 5.73 Å². The van der Waals surface area contributed by atoms with Crippen LogP contribution in [0, 0.1) is 0 Å². The van der Waals surface area contributed by atoms with Gasteiger partial charge in [-0.15, -0.1) is 11.3 Å².